The van der Waals surface area contributed by atoms with Gasteiger partial charge >= 0.3 is 12.1 Å². The molecule has 8 nitrogen and oxygen atoms in total. The molecule has 2 N–H and O–H groups in total. The Hall–Kier alpha value is -3.16. The smallest absolute Gasteiger partial charge is 0.408 e. The zero-order chi connectivity index (χ0) is 23.1. The number of fused-ring (bicyclic) bond motifs is 1. The summed E-state index contributed by atoms with van der Waals surface area (Å²) in [6.45, 7) is 8.64. The van der Waals surface area contributed by atoms with Crippen LogP contribution in [0.25, 0.3) is 0 Å². The molecule has 2 heterocycles. The number of benzene rings is 1. The zero-order valence-electron chi connectivity index (χ0n) is 19.0. The standard InChI is InChI=1S/C24H30N4O4/c1-15-14-25-18(21(29)30)20(26-15)28-11-9-24(10-12-28)13-16-7-5-6-8-17(16)19(24)27-22(31)32-23(2,3)4/h5-8,14,19H,9-13H2,1-4H3,(H,27,31)(H,29,30). The Balaban J connectivity index is 1.58. The van der Waals surface area contributed by atoms with Gasteiger partial charge in [0.1, 0.15) is 5.60 Å². The third-order valence-corrected chi connectivity index (χ3v) is 6.32. The number of rotatable bonds is 3. The second kappa shape index (κ2) is 8.07. The highest BCUT2D eigenvalue weighted by atomic mass is 16.6. The molecule has 1 saturated heterocycles. The number of aryl methyl sites for hydroxylation is 1. The second-order valence-corrected chi connectivity index (χ2v) is 9.79. The van der Waals surface area contributed by atoms with Gasteiger partial charge in [-0.15, -0.1) is 0 Å². The minimum absolute atomic E-state index is 0.0234. The monoisotopic (exact) mass is 438 g/mol. The van der Waals surface area contributed by atoms with E-state index in [-0.39, 0.29) is 17.2 Å². The predicted octanol–water partition coefficient (Wildman–Crippen LogP) is 3.89. The van der Waals surface area contributed by atoms with Gasteiger partial charge in [0.15, 0.2) is 11.5 Å². The number of amides is 1. The van der Waals surface area contributed by atoms with Gasteiger partial charge in [-0.25, -0.2) is 19.6 Å². The summed E-state index contributed by atoms with van der Waals surface area (Å²) in [5.41, 5.74) is 2.30. The number of ether oxygens (including phenoxy) is 1. The van der Waals surface area contributed by atoms with E-state index in [1.165, 1.54) is 11.8 Å². The van der Waals surface area contributed by atoms with E-state index < -0.39 is 17.7 Å². The van der Waals surface area contributed by atoms with E-state index in [4.69, 9.17) is 4.74 Å². The fourth-order valence-corrected chi connectivity index (χ4v) is 4.91. The molecule has 1 aromatic heterocycles. The van der Waals surface area contributed by atoms with Crippen molar-refractivity contribution in [3.63, 3.8) is 0 Å². The molecule has 32 heavy (non-hydrogen) atoms. The highest BCUT2D eigenvalue weighted by Crippen LogP contribution is 2.52. The normalized spacial score (nSPS) is 19.5. The van der Waals surface area contributed by atoms with Crippen LogP contribution in [0.2, 0.25) is 0 Å². The Morgan fingerprint density at radius 1 is 1.22 bits per heavy atom. The van der Waals surface area contributed by atoms with Gasteiger partial charge < -0.3 is 20.1 Å². The summed E-state index contributed by atoms with van der Waals surface area (Å²) in [5, 5.41) is 12.7. The molecule has 1 atom stereocenters. The number of alkyl carbamates (subject to hydrolysis) is 1. The third-order valence-electron chi connectivity index (χ3n) is 6.32. The number of hydrogen-bond acceptors (Lipinski definition) is 6. The summed E-state index contributed by atoms with van der Waals surface area (Å²) in [6.07, 6.45) is 3.50. The molecule has 8 heteroatoms. The first-order chi connectivity index (χ1) is 15.1. The van der Waals surface area contributed by atoms with Crippen LogP contribution in [0.15, 0.2) is 30.5 Å². The largest absolute Gasteiger partial charge is 0.476 e. The Kier molecular flexibility index (Phi) is 5.56. The molecule has 0 bridgehead atoms. The van der Waals surface area contributed by atoms with Gasteiger partial charge in [0.05, 0.1) is 11.7 Å². The van der Waals surface area contributed by atoms with Gasteiger partial charge in [-0.3, -0.25) is 0 Å². The van der Waals surface area contributed by atoms with E-state index in [2.05, 4.69) is 27.4 Å². The van der Waals surface area contributed by atoms with Crippen molar-refractivity contribution in [2.45, 2.75) is 58.6 Å². The number of anilines is 1. The van der Waals surface area contributed by atoms with Crippen LogP contribution >= 0.6 is 0 Å². The first kappa shape index (κ1) is 22.0. The molecule has 4 rings (SSSR count). The van der Waals surface area contributed by atoms with Crippen molar-refractivity contribution in [1.29, 1.82) is 0 Å². The van der Waals surface area contributed by atoms with Crippen molar-refractivity contribution in [3.05, 3.63) is 53.0 Å². The highest BCUT2D eigenvalue weighted by molar-refractivity contribution is 5.91. The van der Waals surface area contributed by atoms with E-state index >= 15 is 0 Å². The van der Waals surface area contributed by atoms with Crippen LogP contribution < -0.4 is 10.2 Å². The van der Waals surface area contributed by atoms with Crippen LogP contribution in [0.4, 0.5) is 10.6 Å². The number of aromatic carboxylic acids is 1. The van der Waals surface area contributed by atoms with Crippen LogP contribution in [0.1, 0.15) is 67.0 Å². The lowest BCUT2D eigenvalue weighted by atomic mass is 9.72. The van der Waals surface area contributed by atoms with Gasteiger partial charge in [-0.05, 0) is 58.1 Å². The van der Waals surface area contributed by atoms with Crippen LogP contribution in [0, 0.1) is 12.3 Å². The lowest BCUT2D eigenvalue weighted by Gasteiger charge is -2.44. The fourth-order valence-electron chi connectivity index (χ4n) is 4.91. The van der Waals surface area contributed by atoms with Gasteiger partial charge in [0.2, 0.25) is 0 Å². The highest BCUT2D eigenvalue weighted by Gasteiger charge is 2.49. The second-order valence-electron chi connectivity index (χ2n) is 9.79. The fraction of sp³-hybridized carbons (Fsp3) is 0.500. The minimum atomic E-state index is -1.08. The number of nitrogens with one attached hydrogen (secondary N) is 1. The Labute approximate surface area is 188 Å². The molecular formula is C24H30N4O4. The molecule has 0 radical (unpaired) electrons. The molecule has 1 unspecified atom stereocenters. The molecule has 1 aliphatic carbocycles. The number of aromatic nitrogens is 2. The summed E-state index contributed by atoms with van der Waals surface area (Å²) in [4.78, 5) is 34.9. The van der Waals surface area contributed by atoms with Crippen molar-refractivity contribution in [3.8, 4) is 0 Å². The summed E-state index contributed by atoms with van der Waals surface area (Å²) < 4.78 is 5.55. The molecule has 1 aromatic carbocycles. The molecule has 1 amide bonds. The number of carboxylic acids is 1. The first-order valence-electron chi connectivity index (χ1n) is 11.0. The molecule has 1 aliphatic heterocycles. The average molecular weight is 439 g/mol. The van der Waals surface area contributed by atoms with E-state index in [0.717, 1.165) is 24.8 Å². The summed E-state index contributed by atoms with van der Waals surface area (Å²) in [5.74, 6) is -0.662. The molecule has 0 saturated carbocycles. The van der Waals surface area contributed by atoms with Gasteiger partial charge in [0.25, 0.3) is 0 Å². The maximum Gasteiger partial charge on any atom is 0.408 e. The first-order valence-corrected chi connectivity index (χ1v) is 11.0. The number of hydrogen-bond donors (Lipinski definition) is 2. The van der Waals surface area contributed by atoms with Crippen LogP contribution in [-0.4, -0.2) is 45.8 Å². The van der Waals surface area contributed by atoms with Gasteiger partial charge in [0, 0.05) is 24.7 Å². The SMILES string of the molecule is Cc1cnc(C(=O)O)c(N2CCC3(CC2)Cc2ccccc2C3NC(=O)OC(C)(C)C)n1. The lowest BCUT2D eigenvalue weighted by Crippen LogP contribution is -2.48. The van der Waals surface area contributed by atoms with Crippen LogP contribution in [-0.2, 0) is 11.2 Å². The van der Waals surface area contributed by atoms with Crippen molar-refractivity contribution in [2.75, 3.05) is 18.0 Å². The number of carbonyl (C=O) groups is 2. The number of piperidine rings is 1. The van der Waals surface area contributed by atoms with Crippen LogP contribution in [0.3, 0.4) is 0 Å². The average Bonchev–Trinajstić information content (AvgIpc) is 2.99. The van der Waals surface area contributed by atoms with E-state index in [1.807, 2.05) is 44.7 Å². The number of carbonyl (C=O) groups excluding carboxylic acids is 1. The zero-order valence-corrected chi connectivity index (χ0v) is 19.0. The van der Waals surface area contributed by atoms with E-state index in [9.17, 15) is 14.7 Å². The topological polar surface area (TPSA) is 105 Å². The van der Waals surface area contributed by atoms with Crippen molar-refractivity contribution in [1.82, 2.24) is 15.3 Å². The predicted molar refractivity (Wildman–Crippen MR) is 120 cm³/mol. The minimum Gasteiger partial charge on any atom is -0.476 e. The van der Waals surface area contributed by atoms with Crippen molar-refractivity contribution in [2.24, 2.45) is 5.41 Å². The van der Waals surface area contributed by atoms with Crippen molar-refractivity contribution < 1.29 is 19.4 Å². The Morgan fingerprint density at radius 3 is 2.56 bits per heavy atom. The van der Waals surface area contributed by atoms with E-state index in [0.29, 0.717) is 24.6 Å². The molecule has 170 valence electrons. The summed E-state index contributed by atoms with van der Waals surface area (Å²) in [6, 6.07) is 8.07. The molecule has 2 aromatic rings. The molecule has 1 spiro atoms. The molecule has 1 fully saturated rings. The lowest BCUT2D eigenvalue weighted by molar-refractivity contribution is 0.0427. The van der Waals surface area contributed by atoms with Gasteiger partial charge in [-0.2, -0.15) is 0 Å². The number of nitrogens with zero attached hydrogens (tertiary/aromatic N) is 3. The van der Waals surface area contributed by atoms with E-state index in [1.54, 1.807) is 0 Å². The van der Waals surface area contributed by atoms with Crippen molar-refractivity contribution >= 4 is 17.9 Å². The quantitative estimate of drug-likeness (QED) is 0.749. The maximum absolute atomic E-state index is 12.7. The third kappa shape index (κ3) is 4.26. The summed E-state index contributed by atoms with van der Waals surface area (Å²) >= 11 is 0. The van der Waals surface area contributed by atoms with Gasteiger partial charge in [-0.1, -0.05) is 24.3 Å². The summed E-state index contributed by atoms with van der Waals surface area (Å²) in [7, 11) is 0. The molecular weight excluding hydrogens is 408 g/mol. The molecule has 2 aliphatic rings. The Bertz CT molecular complexity index is 1040. The number of carboxylic acid groups (broad SMARTS) is 1. The maximum atomic E-state index is 12.7. The van der Waals surface area contributed by atoms with Crippen LogP contribution in [0.5, 0.6) is 0 Å². The Morgan fingerprint density at radius 2 is 1.91 bits per heavy atom.